The summed E-state index contributed by atoms with van der Waals surface area (Å²) < 4.78 is 4.65. The Morgan fingerprint density at radius 2 is 1.93 bits per heavy atom. The quantitative estimate of drug-likeness (QED) is 0.140. The largest absolute Gasteiger partial charge is 0.469 e. The van der Waals surface area contributed by atoms with Gasteiger partial charge in [0.1, 0.15) is 0 Å². The van der Waals surface area contributed by atoms with E-state index >= 15 is 0 Å². The molecule has 1 saturated carbocycles. The third-order valence-corrected chi connectivity index (χ3v) is 7.04. The molecule has 7 heteroatoms. The van der Waals surface area contributed by atoms with Gasteiger partial charge in [-0.1, -0.05) is 42.6 Å². The average Bonchev–Trinajstić information content (AvgIpc) is 3.08. The Bertz CT molecular complexity index is 654. The number of nitrogens with zero attached hydrogens (tertiary/aromatic N) is 1. The molecule has 0 aliphatic heterocycles. The van der Waals surface area contributed by atoms with Gasteiger partial charge in [0.15, 0.2) is 0 Å². The molecule has 0 spiro atoms. The third-order valence-electron chi connectivity index (χ3n) is 5.88. The van der Waals surface area contributed by atoms with Gasteiger partial charge in [0.25, 0.3) is 0 Å². The standard InChI is InChI=1S/C23H35NO5S/c1-29-23(27)12-8-3-2-7-11-20-19(21(24-28)15-22(20)26)14-13-17(25)16-30-18-9-5-4-6-10-18/h4-6,9-10,17,19-20,22,25-26,28H,2-3,7-8,11-16H2,1H3/b24-21-/t17-,19-,20-,22+/m1/s1. The van der Waals surface area contributed by atoms with Crippen molar-refractivity contribution in [3.8, 4) is 0 Å². The summed E-state index contributed by atoms with van der Waals surface area (Å²) >= 11 is 1.63. The zero-order valence-electron chi connectivity index (χ0n) is 17.8. The number of methoxy groups -OCH3 is 1. The first-order valence-electron chi connectivity index (χ1n) is 10.9. The van der Waals surface area contributed by atoms with E-state index in [9.17, 15) is 20.2 Å². The highest BCUT2D eigenvalue weighted by Crippen LogP contribution is 2.37. The second-order valence-corrected chi connectivity index (χ2v) is 9.11. The van der Waals surface area contributed by atoms with Crippen LogP contribution in [-0.4, -0.2) is 52.2 Å². The zero-order chi connectivity index (χ0) is 21.8. The Balaban J connectivity index is 1.74. The number of benzene rings is 1. The summed E-state index contributed by atoms with van der Waals surface area (Å²) in [5, 5.41) is 33.7. The number of aliphatic hydroxyl groups is 2. The summed E-state index contributed by atoms with van der Waals surface area (Å²) in [6.45, 7) is 0. The van der Waals surface area contributed by atoms with Gasteiger partial charge in [0.05, 0.1) is 25.0 Å². The smallest absolute Gasteiger partial charge is 0.305 e. The van der Waals surface area contributed by atoms with Crippen LogP contribution >= 0.6 is 11.8 Å². The first kappa shape index (κ1) is 24.7. The van der Waals surface area contributed by atoms with Gasteiger partial charge in [0.2, 0.25) is 0 Å². The molecule has 3 N–H and O–H groups in total. The van der Waals surface area contributed by atoms with E-state index in [1.165, 1.54) is 7.11 Å². The van der Waals surface area contributed by atoms with Gasteiger partial charge in [-0.2, -0.15) is 0 Å². The lowest BCUT2D eigenvalue weighted by Crippen LogP contribution is -2.23. The molecule has 6 nitrogen and oxygen atoms in total. The first-order chi connectivity index (χ1) is 14.5. The second kappa shape index (κ2) is 13.7. The Morgan fingerprint density at radius 1 is 1.20 bits per heavy atom. The topological polar surface area (TPSA) is 99.4 Å². The molecule has 168 valence electrons. The second-order valence-electron chi connectivity index (χ2n) is 8.02. The lowest BCUT2D eigenvalue weighted by Gasteiger charge is -2.23. The number of hydrogen-bond acceptors (Lipinski definition) is 7. The monoisotopic (exact) mass is 437 g/mol. The number of carbonyl (C=O) groups excluding carboxylic acids is 1. The number of thioether (sulfide) groups is 1. The maximum Gasteiger partial charge on any atom is 0.305 e. The lowest BCUT2D eigenvalue weighted by atomic mass is 9.85. The molecular weight excluding hydrogens is 402 g/mol. The minimum Gasteiger partial charge on any atom is -0.469 e. The van der Waals surface area contributed by atoms with Crippen LogP contribution in [0.4, 0.5) is 0 Å². The fourth-order valence-corrected chi connectivity index (χ4v) is 5.09. The number of carbonyl (C=O) groups is 1. The molecule has 0 amide bonds. The lowest BCUT2D eigenvalue weighted by molar-refractivity contribution is -0.140. The van der Waals surface area contributed by atoms with Crippen molar-refractivity contribution in [2.75, 3.05) is 12.9 Å². The van der Waals surface area contributed by atoms with Crippen molar-refractivity contribution in [3.63, 3.8) is 0 Å². The number of rotatable bonds is 13. The van der Waals surface area contributed by atoms with Crippen LogP contribution in [0.25, 0.3) is 0 Å². The molecular formula is C23H35NO5S. The van der Waals surface area contributed by atoms with Gasteiger partial charge in [-0.15, -0.1) is 11.8 Å². The number of aliphatic hydroxyl groups excluding tert-OH is 2. The van der Waals surface area contributed by atoms with Gasteiger partial charge in [-0.05, 0) is 43.7 Å². The van der Waals surface area contributed by atoms with Crippen molar-refractivity contribution in [2.24, 2.45) is 17.0 Å². The third kappa shape index (κ3) is 8.28. The zero-order valence-corrected chi connectivity index (χ0v) is 18.6. The minimum absolute atomic E-state index is 0.0106. The predicted molar refractivity (Wildman–Crippen MR) is 119 cm³/mol. The molecule has 1 aliphatic carbocycles. The molecule has 2 rings (SSSR count). The van der Waals surface area contributed by atoms with Gasteiger partial charge in [0, 0.05) is 29.4 Å². The summed E-state index contributed by atoms with van der Waals surface area (Å²) in [6, 6.07) is 10.0. The van der Waals surface area contributed by atoms with E-state index in [2.05, 4.69) is 9.89 Å². The van der Waals surface area contributed by atoms with E-state index in [1.54, 1.807) is 11.8 Å². The first-order valence-corrected chi connectivity index (χ1v) is 11.8. The fraction of sp³-hybridized carbons (Fsp3) is 0.652. The van der Waals surface area contributed by atoms with E-state index in [-0.39, 0.29) is 17.8 Å². The van der Waals surface area contributed by atoms with Crippen LogP contribution in [0.3, 0.4) is 0 Å². The van der Waals surface area contributed by atoms with E-state index in [1.807, 2.05) is 30.3 Å². The summed E-state index contributed by atoms with van der Waals surface area (Å²) in [7, 11) is 1.40. The molecule has 1 aromatic carbocycles. The highest BCUT2D eigenvalue weighted by Gasteiger charge is 2.39. The van der Waals surface area contributed by atoms with Crippen LogP contribution in [0.5, 0.6) is 0 Å². The van der Waals surface area contributed by atoms with Crippen molar-refractivity contribution < 1.29 is 25.0 Å². The summed E-state index contributed by atoms with van der Waals surface area (Å²) in [6.07, 6.45) is 5.84. The van der Waals surface area contributed by atoms with Crippen LogP contribution in [0.15, 0.2) is 40.4 Å². The Morgan fingerprint density at radius 3 is 2.63 bits per heavy atom. The number of esters is 1. The molecule has 4 atom stereocenters. The van der Waals surface area contributed by atoms with Crippen molar-refractivity contribution in [3.05, 3.63) is 30.3 Å². The van der Waals surface area contributed by atoms with E-state index in [0.29, 0.717) is 37.1 Å². The van der Waals surface area contributed by atoms with Crippen molar-refractivity contribution in [2.45, 2.75) is 74.9 Å². The molecule has 0 radical (unpaired) electrons. The molecule has 0 saturated heterocycles. The van der Waals surface area contributed by atoms with Gasteiger partial charge in [-0.25, -0.2) is 0 Å². The van der Waals surface area contributed by atoms with E-state index < -0.39 is 12.2 Å². The minimum atomic E-state index is -0.494. The highest BCUT2D eigenvalue weighted by atomic mass is 32.2. The maximum atomic E-state index is 11.1. The summed E-state index contributed by atoms with van der Waals surface area (Å²) in [5.74, 6) is 0.520. The Labute approximate surface area is 183 Å². The molecule has 1 fully saturated rings. The molecule has 0 aromatic heterocycles. The molecule has 0 bridgehead atoms. The van der Waals surface area contributed by atoms with E-state index in [0.717, 1.165) is 37.0 Å². The SMILES string of the molecule is COC(=O)CCCCCC[C@H]1[C@@H](O)C/C(=N/O)[C@@H]1CC[C@@H](O)CSc1ccccc1. The highest BCUT2D eigenvalue weighted by molar-refractivity contribution is 7.99. The van der Waals surface area contributed by atoms with Crippen LogP contribution in [0.2, 0.25) is 0 Å². The average molecular weight is 438 g/mol. The fourth-order valence-electron chi connectivity index (χ4n) is 4.19. The number of unbranched alkanes of at least 4 members (excludes halogenated alkanes) is 3. The van der Waals surface area contributed by atoms with E-state index in [4.69, 9.17) is 0 Å². The van der Waals surface area contributed by atoms with Crippen molar-refractivity contribution in [1.29, 1.82) is 0 Å². The van der Waals surface area contributed by atoms with Crippen LogP contribution in [0, 0.1) is 11.8 Å². The van der Waals surface area contributed by atoms with Crippen LogP contribution in [0.1, 0.15) is 57.8 Å². The Kier molecular flexibility index (Phi) is 11.3. The number of oxime groups is 1. The number of ether oxygens (including phenoxy) is 1. The molecule has 1 aliphatic rings. The number of hydrogen-bond donors (Lipinski definition) is 3. The van der Waals surface area contributed by atoms with Crippen LogP contribution < -0.4 is 0 Å². The summed E-state index contributed by atoms with van der Waals surface area (Å²) in [4.78, 5) is 12.3. The molecule has 0 unspecified atom stereocenters. The molecule has 30 heavy (non-hydrogen) atoms. The Hall–Kier alpha value is -1.57. The normalized spacial score (nSPS) is 23.6. The van der Waals surface area contributed by atoms with Crippen LogP contribution in [-0.2, 0) is 9.53 Å². The molecule has 1 aromatic rings. The van der Waals surface area contributed by atoms with Crippen molar-refractivity contribution >= 4 is 23.4 Å². The van der Waals surface area contributed by atoms with Gasteiger partial charge in [-0.3, -0.25) is 4.79 Å². The predicted octanol–water partition coefficient (Wildman–Crippen LogP) is 4.26. The molecule has 0 heterocycles. The summed E-state index contributed by atoms with van der Waals surface area (Å²) in [5.41, 5.74) is 0.654. The van der Waals surface area contributed by atoms with Gasteiger partial charge >= 0.3 is 5.97 Å². The van der Waals surface area contributed by atoms with Gasteiger partial charge < -0.3 is 20.2 Å². The maximum absolute atomic E-state index is 11.1. The van der Waals surface area contributed by atoms with Crippen molar-refractivity contribution in [1.82, 2.24) is 0 Å².